The third kappa shape index (κ3) is 49.9. The van der Waals surface area contributed by atoms with E-state index in [1.54, 1.807) is 6.08 Å². The van der Waals surface area contributed by atoms with Crippen LogP contribution in [0.15, 0.2) is 24.3 Å². The molecular weight excluding hydrogens is 759 g/mol. The Kier molecular flexibility index (Phi) is 53.2. The van der Waals surface area contributed by atoms with E-state index in [9.17, 15) is 15.0 Å². The van der Waals surface area contributed by atoms with E-state index in [0.717, 1.165) is 32.1 Å². The van der Waals surface area contributed by atoms with Crippen LogP contribution in [0, 0.1) is 0 Å². The van der Waals surface area contributed by atoms with Gasteiger partial charge in [-0.1, -0.05) is 308 Å². The second-order valence-electron chi connectivity index (χ2n) is 19.7. The van der Waals surface area contributed by atoms with Crippen molar-refractivity contribution in [2.75, 3.05) is 6.61 Å². The zero-order valence-corrected chi connectivity index (χ0v) is 42.4. The van der Waals surface area contributed by atoms with Crippen LogP contribution in [0.3, 0.4) is 0 Å². The highest BCUT2D eigenvalue weighted by Crippen LogP contribution is 2.18. The molecule has 0 rings (SSSR count). The Morgan fingerprint density at radius 1 is 0.371 bits per heavy atom. The molecule has 1 amide bonds. The zero-order chi connectivity index (χ0) is 44.9. The number of hydrogen-bond donors (Lipinski definition) is 3. The number of amides is 1. The first-order valence-electron chi connectivity index (χ1n) is 28.6. The molecule has 2 atom stereocenters. The van der Waals surface area contributed by atoms with Crippen LogP contribution in [-0.4, -0.2) is 34.9 Å². The Hall–Kier alpha value is -1.13. The number of nitrogens with one attached hydrogen (secondary N) is 1. The van der Waals surface area contributed by atoms with E-state index >= 15 is 0 Å². The van der Waals surface area contributed by atoms with E-state index in [4.69, 9.17) is 0 Å². The smallest absolute Gasteiger partial charge is 0.220 e. The largest absolute Gasteiger partial charge is 0.394 e. The van der Waals surface area contributed by atoms with Crippen molar-refractivity contribution in [2.24, 2.45) is 0 Å². The Balaban J connectivity index is 3.36. The van der Waals surface area contributed by atoms with Gasteiger partial charge in [0.1, 0.15) is 0 Å². The lowest BCUT2D eigenvalue weighted by atomic mass is 10.0. The summed E-state index contributed by atoms with van der Waals surface area (Å²) in [4.78, 5) is 12.4. The molecule has 368 valence electrons. The van der Waals surface area contributed by atoms with Crippen molar-refractivity contribution in [3.05, 3.63) is 24.3 Å². The molecule has 0 aromatic carbocycles. The van der Waals surface area contributed by atoms with Crippen LogP contribution >= 0.6 is 0 Å². The summed E-state index contributed by atoms with van der Waals surface area (Å²) in [5.41, 5.74) is 0. The van der Waals surface area contributed by atoms with E-state index in [1.807, 2.05) is 6.08 Å². The first-order valence-corrected chi connectivity index (χ1v) is 28.6. The maximum Gasteiger partial charge on any atom is 0.220 e. The monoisotopic (exact) mass is 872 g/mol. The molecule has 0 aromatic heterocycles. The maximum absolute atomic E-state index is 12.4. The number of unbranched alkanes of at least 4 members (excludes halogenated alkanes) is 44. The van der Waals surface area contributed by atoms with Gasteiger partial charge in [-0.2, -0.15) is 0 Å². The molecule has 2 unspecified atom stereocenters. The summed E-state index contributed by atoms with van der Waals surface area (Å²) in [7, 11) is 0. The zero-order valence-electron chi connectivity index (χ0n) is 42.4. The second kappa shape index (κ2) is 54.2. The average Bonchev–Trinajstić information content (AvgIpc) is 3.28. The van der Waals surface area contributed by atoms with Crippen molar-refractivity contribution >= 4 is 5.91 Å². The first-order chi connectivity index (χ1) is 30.7. The third-order valence-corrected chi connectivity index (χ3v) is 13.4. The van der Waals surface area contributed by atoms with Gasteiger partial charge in [-0.05, 0) is 32.1 Å². The standard InChI is InChI=1S/C58H113NO3/c1-3-5-7-9-11-13-15-17-18-19-20-21-22-23-24-25-26-27-28-29-30-31-32-33-34-35-36-37-38-39-40-42-44-46-48-50-52-54-58(62)59-56(55-60)57(61)53-51-49-47-45-43-41-16-14-12-10-8-6-4-2/h43,45,51,53,56-57,60-61H,3-42,44,46-50,52,54-55H2,1-2H3,(H,59,62)/b45-43+,53-51+. The van der Waals surface area contributed by atoms with Gasteiger partial charge in [0.25, 0.3) is 0 Å². The van der Waals surface area contributed by atoms with Crippen LogP contribution in [0.4, 0.5) is 0 Å². The fraction of sp³-hybridized carbons (Fsp3) is 0.914. The van der Waals surface area contributed by atoms with E-state index in [2.05, 4.69) is 31.3 Å². The van der Waals surface area contributed by atoms with Gasteiger partial charge >= 0.3 is 0 Å². The molecule has 0 fully saturated rings. The highest BCUT2D eigenvalue weighted by atomic mass is 16.3. The summed E-state index contributed by atoms with van der Waals surface area (Å²) in [5, 5.41) is 23.0. The maximum atomic E-state index is 12.4. The first kappa shape index (κ1) is 60.9. The molecule has 4 heteroatoms. The summed E-state index contributed by atoms with van der Waals surface area (Å²) in [6.45, 7) is 4.31. The van der Waals surface area contributed by atoms with E-state index < -0.39 is 12.1 Å². The van der Waals surface area contributed by atoms with Crippen molar-refractivity contribution in [1.29, 1.82) is 0 Å². The normalized spacial score (nSPS) is 12.9. The van der Waals surface area contributed by atoms with E-state index in [-0.39, 0.29) is 12.5 Å². The Morgan fingerprint density at radius 3 is 0.935 bits per heavy atom. The Labute approximate surface area is 389 Å². The Bertz CT molecular complexity index is 901. The number of aliphatic hydroxyl groups is 2. The number of carbonyl (C=O) groups is 1. The molecule has 0 spiro atoms. The molecule has 0 saturated heterocycles. The average molecular weight is 873 g/mol. The molecular formula is C58H113NO3. The van der Waals surface area contributed by atoms with E-state index in [1.165, 1.54) is 270 Å². The van der Waals surface area contributed by atoms with Crippen molar-refractivity contribution < 1.29 is 15.0 Å². The summed E-state index contributed by atoms with van der Waals surface area (Å²) in [5.74, 6) is -0.0684. The van der Waals surface area contributed by atoms with Gasteiger partial charge in [-0.3, -0.25) is 4.79 Å². The minimum atomic E-state index is -0.858. The van der Waals surface area contributed by atoms with Crippen LogP contribution in [0.1, 0.15) is 322 Å². The molecule has 62 heavy (non-hydrogen) atoms. The number of aliphatic hydroxyl groups excluding tert-OH is 2. The van der Waals surface area contributed by atoms with Crippen molar-refractivity contribution in [2.45, 2.75) is 334 Å². The SMILES string of the molecule is CCCCCCCCC/C=C/CC/C=C/C(O)C(CO)NC(=O)CCCCCCCCCCCCCCCCCCCCCCCCCCCCCCCCCCCCCCC. The van der Waals surface area contributed by atoms with Gasteiger partial charge in [0.05, 0.1) is 18.8 Å². The van der Waals surface area contributed by atoms with Gasteiger partial charge in [-0.15, -0.1) is 0 Å². The number of hydrogen-bond acceptors (Lipinski definition) is 3. The molecule has 4 nitrogen and oxygen atoms in total. The lowest BCUT2D eigenvalue weighted by Crippen LogP contribution is -2.45. The minimum Gasteiger partial charge on any atom is -0.394 e. The molecule has 0 bridgehead atoms. The number of carbonyl (C=O) groups excluding carboxylic acids is 1. The molecule has 0 aliphatic heterocycles. The van der Waals surface area contributed by atoms with Crippen molar-refractivity contribution in [1.82, 2.24) is 5.32 Å². The molecule has 3 N–H and O–H groups in total. The minimum absolute atomic E-state index is 0.0684. The Morgan fingerprint density at radius 2 is 0.629 bits per heavy atom. The molecule has 0 aliphatic rings. The highest BCUT2D eigenvalue weighted by molar-refractivity contribution is 5.76. The predicted octanol–water partition coefficient (Wildman–Crippen LogP) is 18.7. The lowest BCUT2D eigenvalue weighted by molar-refractivity contribution is -0.123. The molecule has 0 aliphatic carbocycles. The summed E-state index contributed by atoms with van der Waals surface area (Å²) in [6.07, 6.45) is 72.3. The van der Waals surface area contributed by atoms with Gasteiger partial charge in [0, 0.05) is 6.42 Å². The fourth-order valence-electron chi connectivity index (χ4n) is 9.08. The summed E-state index contributed by atoms with van der Waals surface area (Å²) < 4.78 is 0. The number of rotatable bonds is 53. The molecule has 0 saturated carbocycles. The molecule has 0 radical (unpaired) electrons. The van der Waals surface area contributed by atoms with Crippen LogP contribution in [0.25, 0.3) is 0 Å². The predicted molar refractivity (Wildman–Crippen MR) is 276 cm³/mol. The van der Waals surface area contributed by atoms with Crippen LogP contribution in [0.5, 0.6) is 0 Å². The van der Waals surface area contributed by atoms with Crippen LogP contribution in [-0.2, 0) is 4.79 Å². The number of allylic oxidation sites excluding steroid dienone is 3. The van der Waals surface area contributed by atoms with Crippen LogP contribution < -0.4 is 5.32 Å². The highest BCUT2D eigenvalue weighted by Gasteiger charge is 2.18. The fourth-order valence-corrected chi connectivity index (χ4v) is 9.08. The van der Waals surface area contributed by atoms with Gasteiger partial charge in [-0.25, -0.2) is 0 Å². The third-order valence-electron chi connectivity index (χ3n) is 13.4. The summed E-state index contributed by atoms with van der Waals surface area (Å²) in [6, 6.07) is -0.635. The quantitative estimate of drug-likeness (QED) is 0.0421. The van der Waals surface area contributed by atoms with Crippen LogP contribution in [0.2, 0.25) is 0 Å². The second-order valence-corrected chi connectivity index (χ2v) is 19.7. The van der Waals surface area contributed by atoms with Crippen molar-refractivity contribution in [3.63, 3.8) is 0 Å². The van der Waals surface area contributed by atoms with Gasteiger partial charge in [0.2, 0.25) is 5.91 Å². The lowest BCUT2D eigenvalue weighted by Gasteiger charge is -2.19. The van der Waals surface area contributed by atoms with Gasteiger partial charge in [0.15, 0.2) is 0 Å². The summed E-state index contributed by atoms with van der Waals surface area (Å²) >= 11 is 0. The molecule has 0 heterocycles. The van der Waals surface area contributed by atoms with Crippen molar-refractivity contribution in [3.8, 4) is 0 Å². The molecule has 0 aromatic rings. The van der Waals surface area contributed by atoms with Gasteiger partial charge < -0.3 is 15.5 Å². The van der Waals surface area contributed by atoms with E-state index in [0.29, 0.717) is 6.42 Å². The topological polar surface area (TPSA) is 69.6 Å².